The highest BCUT2D eigenvalue weighted by molar-refractivity contribution is 5.84. The summed E-state index contributed by atoms with van der Waals surface area (Å²) in [5, 5.41) is 2.35. The zero-order chi connectivity index (χ0) is 16.5. The SMILES string of the molecule is CCCCOC(=O)CC[C@@H](NC(=O)OC(C)(C)C)C(N)=O. The van der Waals surface area contributed by atoms with Crippen LogP contribution in [0.15, 0.2) is 0 Å². The number of carbonyl (C=O) groups is 3. The van der Waals surface area contributed by atoms with Gasteiger partial charge in [0, 0.05) is 6.42 Å². The summed E-state index contributed by atoms with van der Waals surface area (Å²) in [4.78, 5) is 34.3. The molecule has 0 fully saturated rings. The molecule has 0 unspecified atom stereocenters. The standard InChI is InChI=1S/C14H26N2O5/c1-5-6-9-20-11(17)8-7-10(12(15)18)16-13(19)21-14(2,3)4/h10H,5-9H2,1-4H3,(H2,15,18)(H,16,19)/t10-/m1/s1. The van der Waals surface area contributed by atoms with E-state index >= 15 is 0 Å². The molecule has 0 aromatic carbocycles. The Bertz CT molecular complexity index is 363. The first-order chi connectivity index (χ1) is 9.65. The first-order valence-electron chi connectivity index (χ1n) is 7.10. The van der Waals surface area contributed by atoms with E-state index in [0.29, 0.717) is 6.61 Å². The van der Waals surface area contributed by atoms with Crippen LogP contribution in [-0.2, 0) is 19.1 Å². The van der Waals surface area contributed by atoms with E-state index in [2.05, 4.69) is 5.32 Å². The summed E-state index contributed by atoms with van der Waals surface area (Å²) < 4.78 is 9.99. The van der Waals surface area contributed by atoms with Crippen LogP contribution in [-0.4, -0.2) is 36.2 Å². The molecule has 0 saturated carbocycles. The minimum absolute atomic E-state index is 0.00706. The van der Waals surface area contributed by atoms with E-state index in [0.717, 1.165) is 12.8 Å². The van der Waals surface area contributed by atoms with Gasteiger partial charge in [0.25, 0.3) is 0 Å². The van der Waals surface area contributed by atoms with Gasteiger partial charge in [0.1, 0.15) is 11.6 Å². The summed E-state index contributed by atoms with van der Waals surface area (Å²) >= 11 is 0. The van der Waals surface area contributed by atoms with Gasteiger partial charge in [0.2, 0.25) is 5.91 Å². The molecule has 7 nitrogen and oxygen atoms in total. The molecule has 0 saturated heterocycles. The molecule has 0 spiro atoms. The molecular weight excluding hydrogens is 276 g/mol. The Morgan fingerprint density at radius 2 is 1.86 bits per heavy atom. The summed E-state index contributed by atoms with van der Waals surface area (Å²) in [5.74, 6) is -1.14. The molecule has 0 aromatic rings. The van der Waals surface area contributed by atoms with Crippen LogP contribution in [0.2, 0.25) is 0 Å². The maximum absolute atomic E-state index is 11.6. The zero-order valence-electron chi connectivity index (χ0n) is 13.2. The molecule has 0 aromatic heterocycles. The molecule has 0 aliphatic heterocycles. The number of ether oxygens (including phenoxy) is 2. The van der Waals surface area contributed by atoms with Gasteiger partial charge in [0.15, 0.2) is 0 Å². The van der Waals surface area contributed by atoms with Crippen molar-refractivity contribution in [3.8, 4) is 0 Å². The number of hydrogen-bond donors (Lipinski definition) is 2. The van der Waals surface area contributed by atoms with E-state index < -0.39 is 29.6 Å². The van der Waals surface area contributed by atoms with Crippen molar-refractivity contribution in [3.63, 3.8) is 0 Å². The predicted molar refractivity (Wildman–Crippen MR) is 77.5 cm³/mol. The topological polar surface area (TPSA) is 108 Å². The molecule has 3 N–H and O–H groups in total. The number of unbranched alkanes of at least 4 members (excludes halogenated alkanes) is 1. The highest BCUT2D eigenvalue weighted by Gasteiger charge is 2.23. The van der Waals surface area contributed by atoms with Crippen molar-refractivity contribution in [1.82, 2.24) is 5.32 Å². The lowest BCUT2D eigenvalue weighted by molar-refractivity contribution is -0.144. The highest BCUT2D eigenvalue weighted by atomic mass is 16.6. The van der Waals surface area contributed by atoms with Crippen LogP contribution in [0.25, 0.3) is 0 Å². The molecule has 0 aliphatic carbocycles. The number of nitrogens with two attached hydrogens (primary N) is 1. The van der Waals surface area contributed by atoms with E-state index in [1.165, 1.54) is 0 Å². The van der Waals surface area contributed by atoms with Crippen LogP contribution in [0.3, 0.4) is 0 Å². The third kappa shape index (κ3) is 10.6. The number of carbonyl (C=O) groups excluding carboxylic acids is 3. The summed E-state index contributed by atoms with van der Waals surface area (Å²) in [6, 6.07) is -0.960. The monoisotopic (exact) mass is 302 g/mol. The van der Waals surface area contributed by atoms with Crippen molar-refractivity contribution >= 4 is 18.0 Å². The second kappa shape index (κ2) is 9.20. The normalized spacial score (nSPS) is 12.4. The number of hydrogen-bond acceptors (Lipinski definition) is 5. The van der Waals surface area contributed by atoms with Crippen LogP contribution in [0.4, 0.5) is 4.79 Å². The van der Waals surface area contributed by atoms with Gasteiger partial charge in [-0.2, -0.15) is 0 Å². The Labute approximate surface area is 125 Å². The molecule has 0 aliphatic rings. The van der Waals surface area contributed by atoms with Gasteiger partial charge in [-0.15, -0.1) is 0 Å². The van der Waals surface area contributed by atoms with E-state index in [9.17, 15) is 14.4 Å². The van der Waals surface area contributed by atoms with Gasteiger partial charge in [-0.25, -0.2) is 4.79 Å². The Morgan fingerprint density at radius 1 is 1.24 bits per heavy atom. The molecule has 1 atom stereocenters. The van der Waals surface area contributed by atoms with E-state index in [4.69, 9.17) is 15.2 Å². The second-order valence-corrected chi connectivity index (χ2v) is 5.71. The average molecular weight is 302 g/mol. The maximum Gasteiger partial charge on any atom is 0.408 e. The van der Waals surface area contributed by atoms with Crippen LogP contribution in [0.1, 0.15) is 53.4 Å². The van der Waals surface area contributed by atoms with E-state index in [1.807, 2.05) is 6.92 Å². The minimum atomic E-state index is -0.960. The van der Waals surface area contributed by atoms with Gasteiger partial charge in [-0.05, 0) is 33.6 Å². The summed E-state index contributed by atoms with van der Waals surface area (Å²) in [5.41, 5.74) is 4.52. The van der Waals surface area contributed by atoms with Crippen LogP contribution in [0.5, 0.6) is 0 Å². The number of rotatable bonds is 8. The van der Waals surface area contributed by atoms with E-state index in [-0.39, 0.29) is 12.8 Å². The fourth-order valence-corrected chi connectivity index (χ4v) is 1.40. The first kappa shape index (κ1) is 19.2. The largest absolute Gasteiger partial charge is 0.466 e. The van der Waals surface area contributed by atoms with Gasteiger partial charge in [-0.3, -0.25) is 9.59 Å². The van der Waals surface area contributed by atoms with Crippen molar-refractivity contribution in [3.05, 3.63) is 0 Å². The fraction of sp³-hybridized carbons (Fsp3) is 0.786. The van der Waals surface area contributed by atoms with Gasteiger partial charge >= 0.3 is 12.1 Å². The lowest BCUT2D eigenvalue weighted by Crippen LogP contribution is -2.46. The smallest absolute Gasteiger partial charge is 0.408 e. The lowest BCUT2D eigenvalue weighted by atomic mass is 10.1. The summed E-state index contributed by atoms with van der Waals surface area (Å²) in [7, 11) is 0. The summed E-state index contributed by atoms with van der Waals surface area (Å²) in [6.07, 6.45) is 1.07. The third-order valence-electron chi connectivity index (χ3n) is 2.43. The number of amides is 2. The Kier molecular flexibility index (Phi) is 8.42. The van der Waals surface area contributed by atoms with Gasteiger partial charge < -0.3 is 20.5 Å². The van der Waals surface area contributed by atoms with Crippen LogP contribution >= 0.6 is 0 Å². The van der Waals surface area contributed by atoms with Crippen molar-refractivity contribution in [1.29, 1.82) is 0 Å². The number of primary amides is 1. The second-order valence-electron chi connectivity index (χ2n) is 5.71. The zero-order valence-corrected chi connectivity index (χ0v) is 13.2. The van der Waals surface area contributed by atoms with Crippen LogP contribution in [0, 0.1) is 0 Å². The van der Waals surface area contributed by atoms with Crippen molar-refractivity contribution < 1.29 is 23.9 Å². The number of nitrogens with one attached hydrogen (secondary N) is 1. The van der Waals surface area contributed by atoms with Crippen LogP contribution < -0.4 is 11.1 Å². The quantitative estimate of drug-likeness (QED) is 0.521. The molecule has 0 heterocycles. The molecule has 7 heteroatoms. The van der Waals surface area contributed by atoms with Crippen molar-refractivity contribution in [2.75, 3.05) is 6.61 Å². The van der Waals surface area contributed by atoms with Crippen molar-refractivity contribution in [2.45, 2.75) is 65.0 Å². The molecular formula is C14H26N2O5. The maximum atomic E-state index is 11.6. The summed E-state index contributed by atoms with van der Waals surface area (Å²) in [6.45, 7) is 7.46. The average Bonchev–Trinajstić information content (AvgIpc) is 2.32. The Balaban J connectivity index is 4.23. The number of esters is 1. The molecule has 0 bridgehead atoms. The van der Waals surface area contributed by atoms with Gasteiger partial charge in [0.05, 0.1) is 6.61 Å². The molecule has 0 radical (unpaired) electrons. The predicted octanol–water partition coefficient (Wildman–Crippen LogP) is 1.49. The Hall–Kier alpha value is -1.79. The van der Waals surface area contributed by atoms with Crippen molar-refractivity contribution in [2.24, 2.45) is 5.73 Å². The minimum Gasteiger partial charge on any atom is -0.466 e. The third-order valence-corrected chi connectivity index (χ3v) is 2.43. The molecule has 2 amide bonds. The molecule has 21 heavy (non-hydrogen) atoms. The lowest BCUT2D eigenvalue weighted by Gasteiger charge is -2.22. The van der Waals surface area contributed by atoms with E-state index in [1.54, 1.807) is 20.8 Å². The fourth-order valence-electron chi connectivity index (χ4n) is 1.40. The molecule has 122 valence electrons. The van der Waals surface area contributed by atoms with Gasteiger partial charge in [-0.1, -0.05) is 13.3 Å². The highest BCUT2D eigenvalue weighted by Crippen LogP contribution is 2.08. The number of alkyl carbamates (subject to hydrolysis) is 1. The molecule has 0 rings (SSSR count). The Morgan fingerprint density at radius 3 is 2.33 bits per heavy atom. The first-order valence-corrected chi connectivity index (χ1v) is 7.10.